The molecule has 0 saturated carbocycles. The Bertz CT molecular complexity index is 224. The average Bonchev–Trinajstić information content (AvgIpc) is 2.55. The van der Waals surface area contributed by atoms with Crippen molar-refractivity contribution in [3.8, 4) is 0 Å². The topological polar surface area (TPSA) is 137 Å². The number of ether oxygens (including phenoxy) is 6. The standard InChI is InChI=1S/C13H28O7.H2N3/c1-15-4-5-17-8-9-19-12-13-20-11-10-18-7-6-16-3-2-14;1-3-2/h14H,2-13H2,1H3;1-2H/q;+1. The summed E-state index contributed by atoms with van der Waals surface area (Å²) in [6, 6.07) is 0. The molecule has 0 atom stereocenters. The lowest BCUT2D eigenvalue weighted by Gasteiger charge is -2.07. The SMILES string of the molecule is COCCOCCOCCOCCOCCOCCO.N=[N+]=N. The van der Waals surface area contributed by atoms with Crippen LogP contribution >= 0.6 is 0 Å². The molecule has 0 heterocycles. The van der Waals surface area contributed by atoms with Crippen molar-refractivity contribution in [3.63, 3.8) is 0 Å². The van der Waals surface area contributed by atoms with Crippen molar-refractivity contribution in [2.24, 2.45) is 0 Å². The number of methoxy groups -OCH3 is 1. The number of hydrogen-bond donors (Lipinski definition) is 3. The number of nitrogens with zero attached hydrogens (tertiary/aromatic N) is 1. The van der Waals surface area contributed by atoms with Crippen LogP contribution in [0.15, 0.2) is 0 Å². The minimum atomic E-state index is 0.0422. The Morgan fingerprint density at radius 2 is 0.870 bits per heavy atom. The van der Waals surface area contributed by atoms with Crippen molar-refractivity contribution in [3.05, 3.63) is 0 Å². The summed E-state index contributed by atoms with van der Waals surface area (Å²) >= 11 is 0. The van der Waals surface area contributed by atoms with Crippen LogP contribution in [0.1, 0.15) is 0 Å². The summed E-state index contributed by atoms with van der Waals surface area (Å²) in [5, 5.41) is 8.47. The summed E-state index contributed by atoms with van der Waals surface area (Å²) in [5.41, 5.74) is 11.0. The number of hydrogen-bond acceptors (Lipinski definition) is 9. The maximum atomic E-state index is 8.47. The van der Waals surface area contributed by atoms with Crippen LogP contribution in [0.4, 0.5) is 0 Å². The molecule has 0 saturated heterocycles. The third kappa shape index (κ3) is 29.6. The fourth-order valence-electron chi connectivity index (χ4n) is 1.19. The molecule has 3 N–H and O–H groups in total. The number of nitrogens with one attached hydrogen (secondary N) is 2. The molecule has 0 spiro atoms. The molecule has 0 bridgehead atoms. The highest BCUT2D eigenvalue weighted by Gasteiger charge is 1.93. The first-order valence-electron chi connectivity index (χ1n) is 7.35. The average molecular weight is 340 g/mol. The lowest BCUT2D eigenvalue weighted by molar-refractivity contribution is -0.0163. The van der Waals surface area contributed by atoms with E-state index in [0.717, 1.165) is 0 Å². The Kier molecular flexibility index (Phi) is 27.4. The summed E-state index contributed by atoms with van der Waals surface area (Å²) in [6.07, 6.45) is 0. The van der Waals surface area contributed by atoms with Crippen molar-refractivity contribution >= 4 is 0 Å². The van der Waals surface area contributed by atoms with Crippen LogP contribution in [0.2, 0.25) is 0 Å². The molecule has 0 aromatic heterocycles. The highest BCUT2D eigenvalue weighted by Crippen LogP contribution is 1.83. The van der Waals surface area contributed by atoms with Crippen LogP contribution in [-0.4, -0.2) is 91.5 Å². The van der Waals surface area contributed by atoms with Crippen molar-refractivity contribution in [1.82, 2.24) is 4.91 Å². The number of aliphatic hydroxyl groups excluding tert-OH is 1. The third-order valence-corrected chi connectivity index (χ3v) is 2.16. The van der Waals surface area contributed by atoms with Crippen molar-refractivity contribution in [2.75, 3.05) is 86.4 Å². The van der Waals surface area contributed by atoms with E-state index < -0.39 is 0 Å². The van der Waals surface area contributed by atoms with Crippen LogP contribution in [0.3, 0.4) is 0 Å². The van der Waals surface area contributed by atoms with Crippen molar-refractivity contribution < 1.29 is 33.5 Å². The van der Waals surface area contributed by atoms with Crippen LogP contribution < -0.4 is 4.91 Å². The Hall–Kier alpha value is -0.970. The van der Waals surface area contributed by atoms with Gasteiger partial charge >= 0.3 is 0 Å². The summed E-state index contributed by atoms with van der Waals surface area (Å²) < 4.78 is 31.0. The van der Waals surface area contributed by atoms with Gasteiger partial charge in [-0.1, -0.05) is 0 Å². The minimum Gasteiger partial charge on any atom is -0.394 e. The summed E-state index contributed by atoms with van der Waals surface area (Å²) in [7, 11) is 1.64. The van der Waals surface area contributed by atoms with E-state index in [1.165, 1.54) is 0 Å². The maximum absolute atomic E-state index is 8.47. The Labute approximate surface area is 137 Å². The van der Waals surface area contributed by atoms with Crippen LogP contribution in [-0.2, 0) is 28.4 Å². The maximum Gasteiger partial charge on any atom is 0.211 e. The summed E-state index contributed by atoms with van der Waals surface area (Å²) in [4.78, 5) is 2.00. The quantitative estimate of drug-likeness (QED) is 0.190. The fraction of sp³-hybridized carbons (Fsp3) is 1.00. The van der Waals surface area contributed by atoms with Gasteiger partial charge in [-0.15, -0.1) is 0 Å². The van der Waals surface area contributed by atoms with Crippen LogP contribution in [0, 0.1) is 11.1 Å². The van der Waals surface area contributed by atoms with Gasteiger partial charge in [-0.2, -0.15) is 0 Å². The van der Waals surface area contributed by atoms with E-state index in [2.05, 4.69) is 0 Å². The highest BCUT2D eigenvalue weighted by molar-refractivity contribution is 4.36. The van der Waals surface area contributed by atoms with Gasteiger partial charge in [-0.3, -0.25) is 0 Å². The summed E-state index contributed by atoms with van der Waals surface area (Å²) in [6.45, 7) is 5.89. The Morgan fingerprint density at radius 1 is 0.609 bits per heavy atom. The molecule has 0 radical (unpaired) electrons. The molecule has 10 heteroatoms. The Morgan fingerprint density at radius 3 is 1.13 bits per heavy atom. The molecular weight excluding hydrogens is 310 g/mol. The van der Waals surface area contributed by atoms with E-state index in [1.807, 2.05) is 4.91 Å². The van der Waals surface area contributed by atoms with E-state index in [0.29, 0.717) is 72.7 Å². The lowest BCUT2D eigenvalue weighted by Crippen LogP contribution is -2.14. The smallest absolute Gasteiger partial charge is 0.211 e. The van der Waals surface area contributed by atoms with Gasteiger partial charge in [0.05, 0.1) is 79.3 Å². The molecule has 0 aromatic carbocycles. The highest BCUT2D eigenvalue weighted by atomic mass is 16.6. The predicted octanol–water partition coefficient (Wildman–Crippen LogP) is -0.176. The molecule has 0 unspecified atom stereocenters. The first kappa shape index (κ1) is 24.3. The number of rotatable bonds is 17. The van der Waals surface area contributed by atoms with Crippen molar-refractivity contribution in [2.45, 2.75) is 0 Å². The minimum absolute atomic E-state index is 0.0422. The largest absolute Gasteiger partial charge is 0.394 e. The van der Waals surface area contributed by atoms with Crippen molar-refractivity contribution in [1.29, 1.82) is 11.1 Å². The Balaban J connectivity index is 0. The second-order valence-electron chi connectivity index (χ2n) is 3.89. The van der Waals surface area contributed by atoms with Gasteiger partial charge in [0.2, 0.25) is 4.91 Å². The van der Waals surface area contributed by atoms with E-state index in [1.54, 1.807) is 7.11 Å². The number of aliphatic hydroxyl groups is 1. The van der Waals surface area contributed by atoms with Gasteiger partial charge in [0.25, 0.3) is 0 Å². The van der Waals surface area contributed by atoms with Gasteiger partial charge in [-0.05, 0) is 0 Å². The molecule has 0 aliphatic carbocycles. The lowest BCUT2D eigenvalue weighted by atomic mass is 10.7. The van der Waals surface area contributed by atoms with Gasteiger partial charge in [0.15, 0.2) is 0 Å². The van der Waals surface area contributed by atoms with E-state index in [9.17, 15) is 0 Å². The van der Waals surface area contributed by atoms with Gasteiger partial charge in [0.1, 0.15) is 11.1 Å². The molecule has 0 aliphatic rings. The first-order chi connectivity index (χ1) is 11.3. The van der Waals surface area contributed by atoms with Gasteiger partial charge in [0, 0.05) is 7.11 Å². The molecule has 138 valence electrons. The van der Waals surface area contributed by atoms with Gasteiger partial charge in [-0.25, -0.2) is 0 Å². The first-order valence-corrected chi connectivity index (χ1v) is 7.35. The molecule has 23 heavy (non-hydrogen) atoms. The predicted molar refractivity (Wildman–Crippen MR) is 80.6 cm³/mol. The molecular formula is C13H30N3O7+. The van der Waals surface area contributed by atoms with E-state index in [-0.39, 0.29) is 6.61 Å². The molecule has 0 aromatic rings. The zero-order chi connectivity index (χ0) is 17.4. The summed E-state index contributed by atoms with van der Waals surface area (Å²) in [5.74, 6) is 0. The molecule has 0 amide bonds. The molecule has 0 aliphatic heterocycles. The van der Waals surface area contributed by atoms with E-state index in [4.69, 9.17) is 44.6 Å². The fourth-order valence-corrected chi connectivity index (χ4v) is 1.19. The van der Waals surface area contributed by atoms with Crippen LogP contribution in [0.25, 0.3) is 0 Å². The monoisotopic (exact) mass is 340 g/mol. The second-order valence-corrected chi connectivity index (χ2v) is 3.89. The molecule has 0 fully saturated rings. The van der Waals surface area contributed by atoms with E-state index >= 15 is 0 Å². The molecule has 10 nitrogen and oxygen atoms in total. The third-order valence-electron chi connectivity index (χ3n) is 2.16. The zero-order valence-corrected chi connectivity index (χ0v) is 13.8. The van der Waals surface area contributed by atoms with Gasteiger partial charge < -0.3 is 33.5 Å². The molecule has 0 rings (SSSR count). The normalized spacial score (nSPS) is 10.0. The van der Waals surface area contributed by atoms with Crippen LogP contribution in [0.5, 0.6) is 0 Å². The second kappa shape index (κ2) is 26.0. The zero-order valence-electron chi connectivity index (χ0n) is 13.8.